The molecule has 7 heteroatoms. The number of amides is 3. The topological polar surface area (TPSA) is 102 Å². The van der Waals surface area contributed by atoms with Gasteiger partial charge in [0, 0.05) is 25.2 Å². The molecule has 26 heavy (non-hydrogen) atoms. The smallest absolute Gasteiger partial charge is 0.244 e. The van der Waals surface area contributed by atoms with Gasteiger partial charge in [0.15, 0.2) is 0 Å². The minimum Gasteiger partial charge on any atom is -0.326 e. The lowest BCUT2D eigenvalue weighted by Gasteiger charge is -2.21. The average molecular weight is 350 g/mol. The molecule has 2 rings (SSSR count). The molecule has 7 nitrogen and oxygen atoms in total. The maximum atomic E-state index is 12.3. The molecule has 0 saturated carbocycles. The summed E-state index contributed by atoms with van der Waals surface area (Å²) in [5.74, 6) is -0.996. The van der Waals surface area contributed by atoms with Crippen LogP contribution < -0.4 is 15.5 Å². The third kappa shape index (κ3) is 4.92. The normalized spacial score (nSPS) is 9.73. The number of nitrogens with one attached hydrogen (secondary N) is 2. The fourth-order valence-corrected chi connectivity index (χ4v) is 2.36. The maximum Gasteiger partial charge on any atom is 0.244 e. The summed E-state index contributed by atoms with van der Waals surface area (Å²) in [5.41, 5.74) is 1.72. The molecule has 0 bridgehead atoms. The highest BCUT2D eigenvalue weighted by Gasteiger charge is 2.17. The van der Waals surface area contributed by atoms with Crippen LogP contribution in [0.5, 0.6) is 0 Å². The van der Waals surface area contributed by atoms with Gasteiger partial charge in [-0.1, -0.05) is 18.2 Å². The second-order valence-electron chi connectivity index (χ2n) is 5.54. The third-order valence-corrected chi connectivity index (χ3v) is 3.48. The lowest BCUT2D eigenvalue weighted by molar-refractivity contribution is -0.120. The van der Waals surface area contributed by atoms with Gasteiger partial charge in [0.05, 0.1) is 11.3 Å². The first kappa shape index (κ1) is 18.7. The van der Waals surface area contributed by atoms with Crippen LogP contribution in [0.4, 0.5) is 17.1 Å². The Morgan fingerprint density at radius 2 is 1.77 bits per heavy atom. The molecule has 0 aliphatic rings. The number of nitrogens with zero attached hydrogens (tertiary/aromatic N) is 2. The zero-order chi connectivity index (χ0) is 19.1. The molecule has 0 aliphatic carbocycles. The number of hydrogen-bond donors (Lipinski definition) is 2. The molecule has 0 aliphatic heterocycles. The second kappa shape index (κ2) is 8.44. The Labute approximate surface area is 151 Å². The number of hydrogen-bond acceptors (Lipinski definition) is 4. The Hall–Kier alpha value is -3.66. The molecule has 2 aromatic rings. The highest BCUT2D eigenvalue weighted by atomic mass is 16.2. The lowest BCUT2D eigenvalue weighted by atomic mass is 10.2. The molecule has 0 fully saturated rings. The van der Waals surface area contributed by atoms with Crippen molar-refractivity contribution < 1.29 is 14.4 Å². The number of rotatable bonds is 5. The van der Waals surface area contributed by atoms with Gasteiger partial charge in [0.2, 0.25) is 17.7 Å². The second-order valence-corrected chi connectivity index (χ2v) is 5.54. The van der Waals surface area contributed by atoms with Crippen LogP contribution in [0.2, 0.25) is 0 Å². The van der Waals surface area contributed by atoms with Crippen molar-refractivity contribution in [3.63, 3.8) is 0 Å². The SMILES string of the molecule is CC(=O)Nc1cccc(N(CC(=O)Nc2ccccc2C#N)C(C)=O)c1. The predicted octanol–water partition coefficient (Wildman–Crippen LogP) is 2.51. The minimum absolute atomic E-state index is 0.224. The van der Waals surface area contributed by atoms with Crippen LogP contribution in [0, 0.1) is 11.3 Å². The van der Waals surface area contributed by atoms with Crippen molar-refractivity contribution in [2.24, 2.45) is 0 Å². The Balaban J connectivity index is 2.18. The number of nitriles is 1. The van der Waals surface area contributed by atoms with E-state index in [9.17, 15) is 14.4 Å². The van der Waals surface area contributed by atoms with Crippen LogP contribution in [0.25, 0.3) is 0 Å². The minimum atomic E-state index is -0.437. The molecule has 0 atom stereocenters. The monoisotopic (exact) mass is 350 g/mol. The van der Waals surface area contributed by atoms with Crippen molar-refractivity contribution >= 4 is 34.8 Å². The van der Waals surface area contributed by atoms with Crippen LogP contribution >= 0.6 is 0 Å². The molecule has 2 aromatic carbocycles. The fraction of sp³-hybridized carbons (Fsp3) is 0.158. The largest absolute Gasteiger partial charge is 0.326 e. The molecule has 0 saturated heterocycles. The van der Waals surface area contributed by atoms with E-state index < -0.39 is 5.91 Å². The van der Waals surface area contributed by atoms with Crippen molar-refractivity contribution in [1.29, 1.82) is 5.26 Å². The molecule has 0 aromatic heterocycles. The Morgan fingerprint density at radius 1 is 1.04 bits per heavy atom. The average Bonchev–Trinajstić information content (AvgIpc) is 2.59. The van der Waals surface area contributed by atoms with E-state index in [1.54, 1.807) is 48.5 Å². The van der Waals surface area contributed by atoms with Crippen LogP contribution in [-0.2, 0) is 14.4 Å². The lowest BCUT2D eigenvalue weighted by Crippen LogP contribution is -2.36. The summed E-state index contributed by atoms with van der Waals surface area (Å²) < 4.78 is 0. The van der Waals surface area contributed by atoms with E-state index in [4.69, 9.17) is 5.26 Å². The van der Waals surface area contributed by atoms with Gasteiger partial charge in [-0.25, -0.2) is 0 Å². The van der Waals surface area contributed by atoms with Crippen LogP contribution in [-0.4, -0.2) is 24.3 Å². The van der Waals surface area contributed by atoms with E-state index in [0.29, 0.717) is 22.6 Å². The number of anilines is 3. The van der Waals surface area contributed by atoms with Crippen LogP contribution in [0.3, 0.4) is 0 Å². The molecule has 0 unspecified atom stereocenters. The summed E-state index contributed by atoms with van der Waals surface area (Å²) in [5, 5.41) is 14.4. The van der Waals surface area contributed by atoms with Gasteiger partial charge in [-0.3, -0.25) is 14.4 Å². The van der Waals surface area contributed by atoms with E-state index in [2.05, 4.69) is 10.6 Å². The highest BCUT2D eigenvalue weighted by Crippen LogP contribution is 2.20. The van der Waals surface area contributed by atoms with Crippen LogP contribution in [0.15, 0.2) is 48.5 Å². The van der Waals surface area contributed by atoms with E-state index in [0.717, 1.165) is 0 Å². The molecule has 132 valence electrons. The summed E-state index contributed by atoms with van der Waals surface area (Å²) in [7, 11) is 0. The van der Waals surface area contributed by atoms with Gasteiger partial charge in [-0.15, -0.1) is 0 Å². The predicted molar refractivity (Wildman–Crippen MR) is 98.6 cm³/mol. The summed E-state index contributed by atoms with van der Waals surface area (Å²) in [6, 6.07) is 15.3. The van der Waals surface area contributed by atoms with Crippen molar-refractivity contribution in [3.8, 4) is 6.07 Å². The molecule has 0 radical (unpaired) electrons. The zero-order valence-electron chi connectivity index (χ0n) is 14.4. The maximum absolute atomic E-state index is 12.3. The molecular formula is C19H18N4O3. The molecule has 2 N–H and O–H groups in total. The van der Waals surface area contributed by atoms with Gasteiger partial charge >= 0.3 is 0 Å². The van der Waals surface area contributed by atoms with Gasteiger partial charge in [0.1, 0.15) is 12.6 Å². The first-order valence-corrected chi connectivity index (χ1v) is 7.85. The zero-order valence-corrected chi connectivity index (χ0v) is 14.4. The standard InChI is InChI=1S/C19H18N4O3/c1-13(24)21-16-7-5-8-17(10-16)23(14(2)25)12-19(26)22-18-9-4-3-6-15(18)11-20/h3-10H,12H2,1-2H3,(H,21,24)(H,22,26). The van der Waals surface area contributed by atoms with Crippen molar-refractivity contribution in [3.05, 3.63) is 54.1 Å². The summed E-state index contributed by atoms with van der Waals surface area (Å²) in [6.07, 6.45) is 0. The summed E-state index contributed by atoms with van der Waals surface area (Å²) >= 11 is 0. The third-order valence-electron chi connectivity index (χ3n) is 3.48. The molecule has 0 heterocycles. The molecule has 0 spiro atoms. The first-order valence-electron chi connectivity index (χ1n) is 7.85. The quantitative estimate of drug-likeness (QED) is 0.865. The van der Waals surface area contributed by atoms with E-state index >= 15 is 0 Å². The van der Waals surface area contributed by atoms with E-state index in [-0.39, 0.29) is 18.4 Å². The Kier molecular flexibility index (Phi) is 6.06. The van der Waals surface area contributed by atoms with Crippen molar-refractivity contribution in [1.82, 2.24) is 0 Å². The molecule has 3 amide bonds. The first-order chi connectivity index (χ1) is 12.4. The highest BCUT2D eigenvalue weighted by molar-refractivity contribution is 6.02. The fourth-order valence-electron chi connectivity index (χ4n) is 2.36. The van der Waals surface area contributed by atoms with Gasteiger partial charge in [0.25, 0.3) is 0 Å². The van der Waals surface area contributed by atoms with Crippen molar-refractivity contribution in [2.45, 2.75) is 13.8 Å². The van der Waals surface area contributed by atoms with E-state index in [1.807, 2.05) is 6.07 Å². The number of carbonyl (C=O) groups is 3. The summed E-state index contributed by atoms with van der Waals surface area (Å²) in [6.45, 7) is 2.51. The number of para-hydroxylation sites is 1. The summed E-state index contributed by atoms with van der Waals surface area (Å²) in [4.78, 5) is 36.8. The van der Waals surface area contributed by atoms with Gasteiger partial charge in [-0.2, -0.15) is 5.26 Å². The van der Waals surface area contributed by atoms with E-state index in [1.165, 1.54) is 18.7 Å². The van der Waals surface area contributed by atoms with Crippen molar-refractivity contribution in [2.75, 3.05) is 22.1 Å². The Bertz CT molecular complexity index is 886. The van der Waals surface area contributed by atoms with Gasteiger partial charge in [-0.05, 0) is 30.3 Å². The Morgan fingerprint density at radius 3 is 2.42 bits per heavy atom. The number of benzene rings is 2. The van der Waals surface area contributed by atoms with Crippen LogP contribution in [0.1, 0.15) is 19.4 Å². The van der Waals surface area contributed by atoms with Gasteiger partial charge < -0.3 is 15.5 Å². The number of carbonyl (C=O) groups excluding carboxylic acids is 3. The molecular weight excluding hydrogens is 332 g/mol.